The zero-order chi connectivity index (χ0) is 16.5. The summed E-state index contributed by atoms with van der Waals surface area (Å²) in [7, 11) is 0. The summed E-state index contributed by atoms with van der Waals surface area (Å²) >= 11 is 0. The number of hydrogen-bond donors (Lipinski definition) is 2. The zero-order valence-electron chi connectivity index (χ0n) is 13.4. The van der Waals surface area contributed by atoms with Gasteiger partial charge in [0.05, 0.1) is 6.04 Å². The highest BCUT2D eigenvalue weighted by atomic mass is 16.2. The van der Waals surface area contributed by atoms with Crippen molar-refractivity contribution in [2.45, 2.75) is 58.4 Å². The average molecular weight is 310 g/mol. The SMILES string of the molecule is CCCCCC(C)C(=O)NC(CC1CCNC1=O)C(=O)C=O. The highest BCUT2D eigenvalue weighted by Crippen LogP contribution is 2.17. The molecule has 1 heterocycles. The van der Waals surface area contributed by atoms with Crippen molar-refractivity contribution in [3.05, 3.63) is 0 Å². The lowest BCUT2D eigenvalue weighted by molar-refractivity contribution is -0.135. The van der Waals surface area contributed by atoms with E-state index in [2.05, 4.69) is 17.6 Å². The lowest BCUT2D eigenvalue weighted by Crippen LogP contribution is -2.45. The molecule has 1 rings (SSSR count). The van der Waals surface area contributed by atoms with E-state index in [0.717, 1.165) is 25.7 Å². The summed E-state index contributed by atoms with van der Waals surface area (Å²) in [4.78, 5) is 46.2. The summed E-state index contributed by atoms with van der Waals surface area (Å²) in [6.45, 7) is 4.48. The summed E-state index contributed by atoms with van der Waals surface area (Å²) in [5.74, 6) is -1.53. The van der Waals surface area contributed by atoms with Gasteiger partial charge in [0.25, 0.3) is 0 Å². The van der Waals surface area contributed by atoms with E-state index in [9.17, 15) is 19.2 Å². The number of carbonyl (C=O) groups is 4. The van der Waals surface area contributed by atoms with E-state index in [0.29, 0.717) is 13.0 Å². The summed E-state index contributed by atoms with van der Waals surface area (Å²) in [6, 6.07) is -0.896. The third-order valence-corrected chi connectivity index (χ3v) is 4.15. The van der Waals surface area contributed by atoms with Gasteiger partial charge < -0.3 is 10.6 Å². The molecule has 6 heteroatoms. The van der Waals surface area contributed by atoms with Crippen LogP contribution >= 0.6 is 0 Å². The Morgan fingerprint density at radius 3 is 2.68 bits per heavy atom. The molecule has 0 aromatic rings. The molecule has 0 aromatic heterocycles. The van der Waals surface area contributed by atoms with E-state index in [1.807, 2.05) is 6.92 Å². The minimum absolute atomic E-state index is 0.117. The Kier molecular flexibility index (Phi) is 7.77. The van der Waals surface area contributed by atoms with Gasteiger partial charge in [-0.15, -0.1) is 0 Å². The second-order valence-corrected chi connectivity index (χ2v) is 5.99. The van der Waals surface area contributed by atoms with E-state index >= 15 is 0 Å². The number of rotatable bonds is 10. The number of hydrogen-bond acceptors (Lipinski definition) is 4. The van der Waals surface area contributed by atoms with Crippen LogP contribution in [0.1, 0.15) is 52.4 Å². The van der Waals surface area contributed by atoms with Gasteiger partial charge in [0.1, 0.15) is 0 Å². The molecule has 0 bridgehead atoms. The normalized spacial score (nSPS) is 20.1. The molecule has 6 nitrogen and oxygen atoms in total. The molecule has 1 fully saturated rings. The molecule has 1 saturated heterocycles. The van der Waals surface area contributed by atoms with E-state index in [-0.39, 0.29) is 36.4 Å². The molecule has 0 saturated carbocycles. The molecule has 1 aliphatic heterocycles. The monoisotopic (exact) mass is 310 g/mol. The van der Waals surface area contributed by atoms with Crippen LogP contribution in [0.2, 0.25) is 0 Å². The number of unbranched alkanes of at least 4 members (excludes halogenated alkanes) is 2. The fraction of sp³-hybridized carbons (Fsp3) is 0.750. The lowest BCUT2D eigenvalue weighted by Gasteiger charge is -2.20. The molecule has 3 atom stereocenters. The molecule has 3 unspecified atom stereocenters. The van der Waals surface area contributed by atoms with Crippen molar-refractivity contribution < 1.29 is 19.2 Å². The molecule has 2 N–H and O–H groups in total. The van der Waals surface area contributed by atoms with Crippen LogP contribution in [0.15, 0.2) is 0 Å². The molecule has 22 heavy (non-hydrogen) atoms. The highest BCUT2D eigenvalue weighted by molar-refractivity contribution is 6.28. The van der Waals surface area contributed by atoms with Gasteiger partial charge in [-0.1, -0.05) is 33.1 Å². The van der Waals surface area contributed by atoms with Crippen molar-refractivity contribution in [2.75, 3.05) is 6.54 Å². The first-order valence-corrected chi connectivity index (χ1v) is 8.06. The predicted octanol–water partition coefficient (Wildman–Crippen LogP) is 0.982. The van der Waals surface area contributed by atoms with Crippen LogP contribution in [0.4, 0.5) is 0 Å². The maximum atomic E-state index is 12.1. The lowest BCUT2D eigenvalue weighted by atomic mass is 9.95. The largest absolute Gasteiger partial charge is 0.356 e. The number of carbonyl (C=O) groups excluding carboxylic acids is 4. The number of aldehydes is 1. The smallest absolute Gasteiger partial charge is 0.223 e. The fourth-order valence-corrected chi connectivity index (χ4v) is 2.63. The number of nitrogens with one attached hydrogen (secondary N) is 2. The summed E-state index contributed by atoms with van der Waals surface area (Å²) in [5.41, 5.74) is 0. The van der Waals surface area contributed by atoms with E-state index < -0.39 is 11.8 Å². The Bertz CT molecular complexity index is 422. The van der Waals surface area contributed by atoms with Crippen LogP contribution in [-0.2, 0) is 19.2 Å². The molecule has 124 valence electrons. The van der Waals surface area contributed by atoms with Crippen LogP contribution in [0.3, 0.4) is 0 Å². The molecule has 2 amide bonds. The van der Waals surface area contributed by atoms with Gasteiger partial charge in [-0.05, 0) is 19.3 Å². The Labute approximate surface area is 131 Å². The van der Waals surface area contributed by atoms with Gasteiger partial charge in [0.2, 0.25) is 17.6 Å². The van der Waals surface area contributed by atoms with Gasteiger partial charge in [-0.2, -0.15) is 0 Å². The van der Waals surface area contributed by atoms with Crippen LogP contribution in [0, 0.1) is 11.8 Å². The van der Waals surface area contributed by atoms with Crippen LogP contribution in [0.5, 0.6) is 0 Å². The maximum Gasteiger partial charge on any atom is 0.223 e. The standard InChI is InChI=1S/C16H26N2O4/c1-3-4-5-6-11(2)15(21)18-13(14(20)10-19)9-12-7-8-17-16(12)22/h10-13H,3-9H2,1-2H3,(H,17,22)(H,18,21). The van der Waals surface area contributed by atoms with Crippen molar-refractivity contribution in [3.8, 4) is 0 Å². The van der Waals surface area contributed by atoms with E-state index in [1.54, 1.807) is 0 Å². The predicted molar refractivity (Wildman–Crippen MR) is 82.0 cm³/mol. The quantitative estimate of drug-likeness (QED) is 0.357. The first-order chi connectivity index (χ1) is 10.5. The molecule has 0 spiro atoms. The van der Waals surface area contributed by atoms with Crippen LogP contribution in [-0.4, -0.2) is 36.5 Å². The topological polar surface area (TPSA) is 92.3 Å². The summed E-state index contributed by atoms with van der Waals surface area (Å²) < 4.78 is 0. The first-order valence-electron chi connectivity index (χ1n) is 8.06. The Morgan fingerprint density at radius 2 is 2.14 bits per heavy atom. The minimum Gasteiger partial charge on any atom is -0.356 e. The Morgan fingerprint density at radius 1 is 1.41 bits per heavy atom. The number of amides is 2. The van der Waals surface area contributed by atoms with E-state index in [4.69, 9.17) is 0 Å². The molecule has 1 aliphatic rings. The highest BCUT2D eigenvalue weighted by Gasteiger charge is 2.31. The van der Waals surface area contributed by atoms with Gasteiger partial charge >= 0.3 is 0 Å². The first kappa shape index (κ1) is 18.3. The average Bonchev–Trinajstić information content (AvgIpc) is 2.91. The van der Waals surface area contributed by atoms with Crippen molar-refractivity contribution in [3.63, 3.8) is 0 Å². The van der Waals surface area contributed by atoms with Crippen molar-refractivity contribution >= 4 is 23.9 Å². The van der Waals surface area contributed by atoms with Gasteiger partial charge in [-0.3, -0.25) is 19.2 Å². The van der Waals surface area contributed by atoms with Crippen LogP contribution in [0.25, 0.3) is 0 Å². The van der Waals surface area contributed by atoms with Crippen LogP contribution < -0.4 is 10.6 Å². The van der Waals surface area contributed by atoms with Crippen molar-refractivity contribution in [1.82, 2.24) is 10.6 Å². The second kappa shape index (κ2) is 9.33. The van der Waals surface area contributed by atoms with Gasteiger partial charge in [0.15, 0.2) is 6.29 Å². The third kappa shape index (κ3) is 5.58. The summed E-state index contributed by atoms with van der Waals surface area (Å²) in [5, 5.41) is 5.33. The molecular weight excluding hydrogens is 284 g/mol. The molecule has 0 aromatic carbocycles. The molecule has 0 radical (unpaired) electrons. The van der Waals surface area contributed by atoms with Gasteiger partial charge in [-0.25, -0.2) is 0 Å². The fourth-order valence-electron chi connectivity index (χ4n) is 2.63. The maximum absolute atomic E-state index is 12.1. The second-order valence-electron chi connectivity index (χ2n) is 5.99. The summed E-state index contributed by atoms with van der Waals surface area (Å²) in [6.07, 6.45) is 4.90. The zero-order valence-corrected chi connectivity index (χ0v) is 13.4. The number of Topliss-reactive ketones (excluding diaryl/α,β-unsaturated/α-hetero) is 1. The third-order valence-electron chi connectivity index (χ3n) is 4.15. The molecular formula is C16H26N2O4. The Balaban J connectivity index is 2.56. The molecule has 0 aliphatic carbocycles. The Hall–Kier alpha value is -1.72. The van der Waals surface area contributed by atoms with Crippen molar-refractivity contribution in [2.24, 2.45) is 11.8 Å². The number of ketones is 1. The minimum atomic E-state index is -0.896. The van der Waals surface area contributed by atoms with Gasteiger partial charge in [0, 0.05) is 18.4 Å². The van der Waals surface area contributed by atoms with Crippen molar-refractivity contribution in [1.29, 1.82) is 0 Å². The van der Waals surface area contributed by atoms with E-state index in [1.165, 1.54) is 0 Å².